The van der Waals surface area contributed by atoms with Crippen LogP contribution in [0.15, 0.2) is 54.6 Å². The number of ether oxygens (including phenoxy) is 1. The molecule has 10 heteroatoms. The number of aryl methyl sites for hydroxylation is 1. The molecular weight excluding hydrogens is 617 g/mol. The van der Waals surface area contributed by atoms with E-state index in [2.05, 4.69) is 35.5 Å². The van der Waals surface area contributed by atoms with Gasteiger partial charge in [-0.3, -0.25) is 9.59 Å². The summed E-state index contributed by atoms with van der Waals surface area (Å²) in [6.45, 7) is 17.8. The maximum Gasteiger partial charge on any atom is 0.410 e. The second-order valence-electron chi connectivity index (χ2n) is 11.5. The Hall–Kier alpha value is -3.34. The quantitative estimate of drug-likeness (QED) is 0.135. The summed E-state index contributed by atoms with van der Waals surface area (Å²) in [6, 6.07) is 17.4. The first-order valence-corrected chi connectivity index (χ1v) is 17.6. The van der Waals surface area contributed by atoms with Crippen LogP contribution < -0.4 is 16.0 Å². The summed E-state index contributed by atoms with van der Waals surface area (Å²) in [6.07, 6.45) is 3.47. The van der Waals surface area contributed by atoms with Crippen LogP contribution in [0.5, 0.6) is 0 Å². The molecule has 0 spiro atoms. The number of thiol groups is 1. The van der Waals surface area contributed by atoms with E-state index in [1.165, 1.54) is 17.8 Å². The van der Waals surface area contributed by atoms with Crippen molar-refractivity contribution >= 4 is 47.9 Å². The van der Waals surface area contributed by atoms with Gasteiger partial charge in [-0.25, -0.2) is 4.79 Å². The molecule has 254 valence electrons. The Morgan fingerprint density at radius 2 is 1.76 bits per heavy atom. The summed E-state index contributed by atoms with van der Waals surface area (Å²) in [7, 11) is 1.96. The molecule has 3 N–H and O–H groups in total. The lowest BCUT2D eigenvalue weighted by Crippen LogP contribution is -2.57. The van der Waals surface area contributed by atoms with Gasteiger partial charge in [0.25, 0.3) is 5.91 Å². The van der Waals surface area contributed by atoms with Crippen molar-refractivity contribution in [3.63, 3.8) is 0 Å². The minimum absolute atomic E-state index is 0.102. The number of aldehydes is 1. The smallest absolute Gasteiger partial charge is 0.410 e. The van der Waals surface area contributed by atoms with Crippen molar-refractivity contribution in [1.29, 1.82) is 0 Å². The highest BCUT2D eigenvalue weighted by atomic mass is 32.1. The van der Waals surface area contributed by atoms with Crippen LogP contribution >= 0.6 is 24.0 Å². The van der Waals surface area contributed by atoms with E-state index in [1.54, 1.807) is 11.2 Å². The van der Waals surface area contributed by atoms with Gasteiger partial charge < -0.3 is 25.6 Å². The molecule has 2 amide bonds. The van der Waals surface area contributed by atoms with Crippen molar-refractivity contribution in [2.24, 2.45) is 0 Å². The normalized spacial score (nSPS) is 12.8. The van der Waals surface area contributed by atoms with Crippen molar-refractivity contribution in [1.82, 2.24) is 15.5 Å². The number of nitrogens with zero attached hydrogens (tertiary/aromatic N) is 1. The van der Waals surface area contributed by atoms with Gasteiger partial charge in [0.2, 0.25) is 0 Å². The number of amides is 2. The maximum atomic E-state index is 13.2. The van der Waals surface area contributed by atoms with Crippen molar-refractivity contribution in [2.75, 3.05) is 38.3 Å². The molecule has 0 saturated carbocycles. The van der Waals surface area contributed by atoms with Gasteiger partial charge in [0.05, 0.1) is 17.0 Å². The number of carbonyl (C=O) groups excluding carboxylic acids is 3. The predicted octanol–water partition coefficient (Wildman–Crippen LogP) is 8.25. The molecule has 0 aliphatic carbocycles. The molecule has 1 aliphatic rings. The number of hydrogen-bond acceptors (Lipinski definition) is 8. The topological polar surface area (TPSA) is 99.8 Å². The Labute approximate surface area is 286 Å². The molecule has 1 aromatic heterocycles. The molecule has 1 fully saturated rings. The number of thiophene rings is 1. The lowest BCUT2D eigenvalue weighted by Gasteiger charge is -2.40. The van der Waals surface area contributed by atoms with Crippen LogP contribution in [0.1, 0.15) is 92.1 Å². The highest BCUT2D eigenvalue weighted by Gasteiger charge is 2.33. The monoisotopic (exact) mass is 670 g/mol. The van der Waals surface area contributed by atoms with E-state index in [4.69, 9.17) is 4.74 Å². The molecule has 1 aliphatic heterocycles. The molecule has 2 aromatic carbocycles. The minimum Gasteiger partial charge on any atom is -0.444 e. The van der Waals surface area contributed by atoms with Gasteiger partial charge in [-0.15, -0.1) is 11.3 Å². The fraction of sp³-hybridized carbons (Fsp3) is 0.472. The predicted molar refractivity (Wildman–Crippen MR) is 198 cm³/mol. The molecule has 2 heterocycles. The van der Waals surface area contributed by atoms with Crippen LogP contribution in [0.3, 0.4) is 0 Å². The highest BCUT2D eigenvalue weighted by molar-refractivity contribution is 7.79. The van der Waals surface area contributed by atoms with E-state index in [1.807, 2.05) is 110 Å². The summed E-state index contributed by atoms with van der Waals surface area (Å²) in [4.78, 5) is 39.8. The molecule has 8 nitrogen and oxygen atoms in total. The molecule has 1 atom stereocenters. The lowest BCUT2D eigenvalue weighted by atomic mass is 10.0. The average molecular weight is 671 g/mol. The van der Waals surface area contributed by atoms with Crippen molar-refractivity contribution in [3.8, 4) is 10.4 Å². The average Bonchev–Trinajstić information content (AvgIpc) is 3.51. The second kappa shape index (κ2) is 20.7. The van der Waals surface area contributed by atoms with E-state index in [9.17, 15) is 14.4 Å². The summed E-state index contributed by atoms with van der Waals surface area (Å²) in [5.41, 5.74) is 3.80. The van der Waals surface area contributed by atoms with Crippen LogP contribution in [0.2, 0.25) is 0 Å². The minimum atomic E-state index is -0.517. The number of hydrogen-bond donors (Lipinski definition) is 4. The number of anilines is 1. The van der Waals surface area contributed by atoms with Crippen LogP contribution in [-0.4, -0.2) is 67.8 Å². The van der Waals surface area contributed by atoms with Gasteiger partial charge in [0.15, 0.2) is 6.29 Å². The lowest BCUT2D eigenvalue weighted by molar-refractivity contribution is 0.0105. The van der Waals surface area contributed by atoms with Crippen LogP contribution in [0.4, 0.5) is 10.5 Å². The SMILES string of the molecule is CC.CCCNC.CS.Cc1ccc(NC2CN(C(=O)OC(C)(C)C)C2)cc1C(=O)NC(C)c1cccc(-c2ccc(C=O)s2)c1. The first kappa shape index (κ1) is 40.7. The summed E-state index contributed by atoms with van der Waals surface area (Å²) >= 11 is 4.97. The van der Waals surface area contributed by atoms with Gasteiger partial charge in [-0.2, -0.15) is 12.6 Å². The van der Waals surface area contributed by atoms with Crippen molar-refractivity contribution in [3.05, 3.63) is 76.2 Å². The van der Waals surface area contributed by atoms with Crippen LogP contribution in [-0.2, 0) is 4.74 Å². The number of nitrogens with one attached hydrogen (secondary N) is 3. The Kier molecular flexibility index (Phi) is 18.3. The van der Waals surface area contributed by atoms with E-state index in [-0.39, 0.29) is 24.1 Å². The van der Waals surface area contributed by atoms with Gasteiger partial charge in [-0.1, -0.05) is 45.0 Å². The Bertz CT molecular complexity index is 1360. The van der Waals surface area contributed by atoms with E-state index < -0.39 is 5.60 Å². The molecule has 46 heavy (non-hydrogen) atoms. The molecular formula is C36H54N4O4S2. The van der Waals surface area contributed by atoms with Gasteiger partial charge >= 0.3 is 6.09 Å². The number of benzene rings is 2. The highest BCUT2D eigenvalue weighted by Crippen LogP contribution is 2.29. The van der Waals surface area contributed by atoms with Gasteiger partial charge in [0, 0.05) is 29.2 Å². The molecule has 0 radical (unpaired) electrons. The zero-order chi connectivity index (χ0) is 34.9. The first-order valence-electron chi connectivity index (χ1n) is 15.8. The zero-order valence-corrected chi connectivity index (χ0v) is 30.9. The van der Waals surface area contributed by atoms with Crippen LogP contribution in [0.25, 0.3) is 10.4 Å². The molecule has 1 unspecified atom stereocenters. The van der Waals surface area contributed by atoms with E-state index in [0.29, 0.717) is 23.5 Å². The van der Waals surface area contributed by atoms with Crippen LogP contribution in [0, 0.1) is 6.92 Å². The molecule has 4 rings (SSSR count). The first-order chi connectivity index (χ1) is 21.9. The Morgan fingerprint density at radius 1 is 1.09 bits per heavy atom. The summed E-state index contributed by atoms with van der Waals surface area (Å²) in [5.74, 6) is -0.151. The number of rotatable bonds is 9. The third kappa shape index (κ3) is 13.2. The van der Waals surface area contributed by atoms with E-state index in [0.717, 1.165) is 40.1 Å². The number of carbonyl (C=O) groups is 3. The molecule has 0 bridgehead atoms. The van der Waals surface area contributed by atoms with E-state index >= 15 is 0 Å². The molecule has 1 saturated heterocycles. The van der Waals surface area contributed by atoms with Crippen molar-refractivity contribution < 1.29 is 19.1 Å². The zero-order valence-electron chi connectivity index (χ0n) is 29.2. The Morgan fingerprint density at radius 3 is 2.30 bits per heavy atom. The summed E-state index contributed by atoms with van der Waals surface area (Å²) < 4.78 is 5.41. The van der Waals surface area contributed by atoms with Crippen molar-refractivity contribution in [2.45, 2.75) is 79.5 Å². The van der Waals surface area contributed by atoms with Gasteiger partial charge in [0.1, 0.15) is 5.60 Å². The number of likely N-dealkylation sites (tertiary alicyclic amines) is 1. The second-order valence-corrected chi connectivity index (χ2v) is 12.6. The third-order valence-corrected chi connectivity index (χ3v) is 7.71. The standard InChI is InChI=1S/C29H33N3O4S.C4H11N.C2H6.CH4S/c1-18-9-10-22(31-23-15-32(16-23)28(35)36-29(3,4)5)14-25(18)27(34)30-19(2)20-7-6-8-21(13-20)26-12-11-24(17-33)37-26;1-3-4-5-2;2*1-2/h6-14,17,19,23,31H,15-16H2,1-5H3,(H,30,34);5H,3-4H2,1-2H3;1-2H3;2H,1H3. The molecule has 3 aromatic rings. The summed E-state index contributed by atoms with van der Waals surface area (Å²) in [5, 5.41) is 9.54. The largest absolute Gasteiger partial charge is 0.444 e. The van der Waals surface area contributed by atoms with Gasteiger partial charge in [-0.05, 0) is 108 Å². The fourth-order valence-electron chi connectivity index (χ4n) is 4.38. The maximum absolute atomic E-state index is 13.2. The Balaban J connectivity index is 0.00000106. The third-order valence-electron chi connectivity index (χ3n) is 6.65. The fourth-order valence-corrected chi connectivity index (χ4v) is 5.20.